The normalized spacial score (nSPS) is 10.6. The van der Waals surface area contributed by atoms with Crippen molar-refractivity contribution in [3.8, 4) is 0 Å². The highest BCUT2D eigenvalue weighted by Gasteiger charge is 2.11. The Balaban J connectivity index is 1.73. The van der Waals surface area contributed by atoms with Gasteiger partial charge in [-0.2, -0.15) is 0 Å². The van der Waals surface area contributed by atoms with Crippen molar-refractivity contribution >= 4 is 22.4 Å². The van der Waals surface area contributed by atoms with Gasteiger partial charge in [0.15, 0.2) is 0 Å². The van der Waals surface area contributed by atoms with Crippen LogP contribution in [0.2, 0.25) is 0 Å². The number of aromatic nitrogens is 4. The highest BCUT2D eigenvalue weighted by Crippen LogP contribution is 2.18. The third-order valence-electron chi connectivity index (χ3n) is 3.23. The molecule has 1 amide bonds. The minimum absolute atomic E-state index is 0.273. The quantitative estimate of drug-likeness (QED) is 0.716. The van der Waals surface area contributed by atoms with Crippen molar-refractivity contribution in [2.24, 2.45) is 0 Å². The molecule has 0 unspecified atom stereocenters. The molecule has 0 bridgehead atoms. The molecular formula is C15H21N5OS. The lowest BCUT2D eigenvalue weighted by atomic mass is 10.1. The van der Waals surface area contributed by atoms with Crippen LogP contribution in [0.15, 0.2) is 18.6 Å². The van der Waals surface area contributed by atoms with Crippen LogP contribution in [0.5, 0.6) is 0 Å². The first-order chi connectivity index (χ1) is 10.8. The second-order valence-electron chi connectivity index (χ2n) is 5.06. The number of anilines is 1. The van der Waals surface area contributed by atoms with Crippen molar-refractivity contribution in [1.82, 2.24) is 20.2 Å². The van der Waals surface area contributed by atoms with Crippen LogP contribution in [-0.2, 0) is 6.42 Å². The van der Waals surface area contributed by atoms with E-state index in [1.54, 1.807) is 0 Å². The third kappa shape index (κ3) is 5.48. The van der Waals surface area contributed by atoms with E-state index in [0.29, 0.717) is 5.13 Å². The van der Waals surface area contributed by atoms with Crippen molar-refractivity contribution in [2.45, 2.75) is 51.9 Å². The summed E-state index contributed by atoms with van der Waals surface area (Å²) in [6.45, 7) is 2.22. The summed E-state index contributed by atoms with van der Waals surface area (Å²) in [5.74, 6) is -0.310. The van der Waals surface area contributed by atoms with Crippen LogP contribution in [-0.4, -0.2) is 26.1 Å². The number of carbonyl (C=O) groups is 1. The van der Waals surface area contributed by atoms with Gasteiger partial charge in [-0.1, -0.05) is 50.4 Å². The smallest absolute Gasteiger partial charge is 0.277 e. The predicted octanol–water partition coefficient (Wildman–Crippen LogP) is 3.48. The van der Waals surface area contributed by atoms with E-state index in [2.05, 4.69) is 32.4 Å². The van der Waals surface area contributed by atoms with E-state index in [9.17, 15) is 4.79 Å². The number of nitrogens with zero attached hydrogens (tertiary/aromatic N) is 4. The lowest BCUT2D eigenvalue weighted by Gasteiger charge is -1.99. The van der Waals surface area contributed by atoms with Crippen molar-refractivity contribution < 1.29 is 4.79 Å². The molecule has 0 aliphatic carbocycles. The number of aryl methyl sites for hydroxylation is 1. The van der Waals surface area contributed by atoms with Gasteiger partial charge in [0, 0.05) is 18.8 Å². The fourth-order valence-corrected chi connectivity index (χ4v) is 2.82. The van der Waals surface area contributed by atoms with Crippen LogP contribution in [0.3, 0.4) is 0 Å². The predicted molar refractivity (Wildman–Crippen MR) is 87.0 cm³/mol. The molecule has 0 aliphatic rings. The number of carbonyl (C=O) groups excluding carboxylic acids is 1. The van der Waals surface area contributed by atoms with Crippen LogP contribution >= 0.6 is 11.3 Å². The fourth-order valence-electron chi connectivity index (χ4n) is 2.04. The Morgan fingerprint density at radius 2 is 1.95 bits per heavy atom. The highest BCUT2D eigenvalue weighted by atomic mass is 32.1. The van der Waals surface area contributed by atoms with E-state index in [1.165, 1.54) is 62.0 Å². The zero-order valence-electron chi connectivity index (χ0n) is 12.8. The molecule has 6 nitrogen and oxygen atoms in total. The standard InChI is InChI=1S/C15H21N5OS/c1-2-3-4-5-6-7-8-13-19-20-15(22-13)18-14(21)12-11-16-9-10-17-12/h9-11H,2-8H2,1H3,(H,18,20,21). The molecule has 0 radical (unpaired) electrons. The van der Waals surface area contributed by atoms with Crippen molar-refractivity contribution in [3.05, 3.63) is 29.3 Å². The minimum atomic E-state index is -0.310. The van der Waals surface area contributed by atoms with Gasteiger partial charge >= 0.3 is 0 Å². The summed E-state index contributed by atoms with van der Waals surface area (Å²) >= 11 is 1.42. The molecule has 0 spiro atoms. The average Bonchev–Trinajstić information content (AvgIpc) is 2.99. The van der Waals surface area contributed by atoms with Crippen molar-refractivity contribution in [2.75, 3.05) is 5.32 Å². The SMILES string of the molecule is CCCCCCCCc1nnc(NC(=O)c2cnccn2)s1. The summed E-state index contributed by atoms with van der Waals surface area (Å²) < 4.78 is 0. The molecule has 1 N–H and O–H groups in total. The number of amides is 1. The number of hydrogen-bond donors (Lipinski definition) is 1. The zero-order valence-corrected chi connectivity index (χ0v) is 13.6. The van der Waals surface area contributed by atoms with Gasteiger partial charge in [0.25, 0.3) is 5.91 Å². The van der Waals surface area contributed by atoms with E-state index in [-0.39, 0.29) is 11.6 Å². The van der Waals surface area contributed by atoms with Crippen LogP contribution in [0, 0.1) is 0 Å². The molecule has 0 saturated carbocycles. The van der Waals surface area contributed by atoms with E-state index < -0.39 is 0 Å². The van der Waals surface area contributed by atoms with E-state index >= 15 is 0 Å². The van der Waals surface area contributed by atoms with Crippen LogP contribution in [0.1, 0.15) is 60.9 Å². The molecule has 0 atom stereocenters. The van der Waals surface area contributed by atoms with Gasteiger partial charge in [0.05, 0.1) is 6.20 Å². The van der Waals surface area contributed by atoms with Crippen molar-refractivity contribution in [1.29, 1.82) is 0 Å². The van der Waals surface area contributed by atoms with Crippen LogP contribution in [0.25, 0.3) is 0 Å². The molecule has 2 aromatic rings. The maximum absolute atomic E-state index is 11.9. The summed E-state index contributed by atoms with van der Waals surface area (Å²) in [7, 11) is 0. The van der Waals surface area contributed by atoms with Gasteiger partial charge < -0.3 is 0 Å². The molecule has 2 heterocycles. The highest BCUT2D eigenvalue weighted by molar-refractivity contribution is 7.15. The molecule has 0 fully saturated rings. The van der Waals surface area contributed by atoms with Gasteiger partial charge in [-0.05, 0) is 6.42 Å². The second kappa shape index (κ2) is 9.19. The summed E-state index contributed by atoms with van der Waals surface area (Å²) in [6.07, 6.45) is 12.9. The minimum Gasteiger partial charge on any atom is -0.295 e. The number of rotatable bonds is 9. The maximum atomic E-state index is 11.9. The Kier molecular flexibility index (Phi) is 6.89. The lowest BCUT2D eigenvalue weighted by Crippen LogP contribution is -2.13. The number of unbranched alkanes of at least 4 members (excludes halogenated alkanes) is 5. The van der Waals surface area contributed by atoms with Gasteiger partial charge in [0.1, 0.15) is 10.7 Å². The Morgan fingerprint density at radius 3 is 2.73 bits per heavy atom. The largest absolute Gasteiger partial charge is 0.295 e. The monoisotopic (exact) mass is 319 g/mol. The van der Waals surface area contributed by atoms with E-state index in [4.69, 9.17) is 0 Å². The molecule has 22 heavy (non-hydrogen) atoms. The Labute approximate surface area is 134 Å². The maximum Gasteiger partial charge on any atom is 0.277 e. The summed E-state index contributed by atoms with van der Waals surface area (Å²) in [5.41, 5.74) is 0.273. The second-order valence-corrected chi connectivity index (χ2v) is 6.13. The first-order valence-electron chi connectivity index (χ1n) is 7.69. The Morgan fingerprint density at radius 1 is 1.14 bits per heavy atom. The first kappa shape index (κ1) is 16.5. The molecule has 0 aromatic carbocycles. The molecule has 2 rings (SSSR count). The van der Waals surface area contributed by atoms with E-state index in [1.807, 2.05) is 0 Å². The average molecular weight is 319 g/mol. The Bertz CT molecular complexity index is 572. The molecule has 118 valence electrons. The molecule has 7 heteroatoms. The molecular weight excluding hydrogens is 298 g/mol. The van der Waals surface area contributed by atoms with Gasteiger partial charge in [-0.25, -0.2) is 4.98 Å². The third-order valence-corrected chi connectivity index (χ3v) is 4.13. The topological polar surface area (TPSA) is 80.7 Å². The van der Waals surface area contributed by atoms with Crippen LogP contribution in [0.4, 0.5) is 5.13 Å². The number of hydrogen-bond acceptors (Lipinski definition) is 6. The Hall–Kier alpha value is -1.89. The fraction of sp³-hybridized carbons (Fsp3) is 0.533. The summed E-state index contributed by atoms with van der Waals surface area (Å²) in [5, 5.41) is 12.3. The zero-order chi connectivity index (χ0) is 15.6. The van der Waals surface area contributed by atoms with Crippen LogP contribution < -0.4 is 5.32 Å². The summed E-state index contributed by atoms with van der Waals surface area (Å²) in [4.78, 5) is 19.7. The summed E-state index contributed by atoms with van der Waals surface area (Å²) in [6, 6.07) is 0. The molecule has 0 aliphatic heterocycles. The van der Waals surface area contributed by atoms with Crippen molar-refractivity contribution in [3.63, 3.8) is 0 Å². The van der Waals surface area contributed by atoms with Gasteiger partial charge in [-0.3, -0.25) is 15.1 Å². The van der Waals surface area contributed by atoms with Gasteiger partial charge in [-0.15, -0.1) is 10.2 Å². The number of nitrogens with one attached hydrogen (secondary N) is 1. The first-order valence-corrected chi connectivity index (χ1v) is 8.51. The van der Waals surface area contributed by atoms with Gasteiger partial charge in [0.2, 0.25) is 5.13 Å². The lowest BCUT2D eigenvalue weighted by molar-refractivity contribution is 0.102. The molecule has 2 aromatic heterocycles. The molecule has 0 saturated heterocycles. The van der Waals surface area contributed by atoms with E-state index in [0.717, 1.165) is 17.8 Å².